The van der Waals surface area contributed by atoms with Gasteiger partial charge in [0, 0.05) is 30.9 Å². The highest BCUT2D eigenvalue weighted by Gasteiger charge is 2.07. The largest absolute Gasteiger partial charge is 0.351 e. The highest BCUT2D eigenvalue weighted by Crippen LogP contribution is 2.14. The number of rotatable bonds is 7. The van der Waals surface area contributed by atoms with Crippen molar-refractivity contribution in [3.63, 3.8) is 0 Å². The monoisotopic (exact) mass is 368 g/mol. The molecule has 0 aromatic heterocycles. The van der Waals surface area contributed by atoms with Crippen molar-refractivity contribution in [3.8, 4) is 0 Å². The van der Waals surface area contributed by atoms with Gasteiger partial charge in [-0.25, -0.2) is 4.79 Å². The number of carbonyl (C=O) groups excluding carboxylic acids is 2. The summed E-state index contributed by atoms with van der Waals surface area (Å²) in [7, 11) is 3.92. The second-order valence-corrected chi connectivity index (χ2v) is 6.87. The van der Waals surface area contributed by atoms with Crippen LogP contribution in [0.3, 0.4) is 0 Å². The molecular formula is C21H28N4O2. The van der Waals surface area contributed by atoms with Gasteiger partial charge in [0.05, 0.1) is 0 Å². The first-order valence-electron chi connectivity index (χ1n) is 8.99. The Labute approximate surface area is 161 Å². The number of carbonyl (C=O) groups is 2. The van der Waals surface area contributed by atoms with Crippen LogP contribution in [-0.4, -0.2) is 44.0 Å². The van der Waals surface area contributed by atoms with E-state index in [1.54, 1.807) is 12.1 Å². The Morgan fingerprint density at radius 3 is 2.44 bits per heavy atom. The van der Waals surface area contributed by atoms with Gasteiger partial charge in [-0.1, -0.05) is 18.2 Å². The SMILES string of the molecule is Cc1ccc(NC(=O)NCc2cccc(C(=O)NCCN(C)C)c2)cc1C. The summed E-state index contributed by atoms with van der Waals surface area (Å²) in [5.41, 5.74) is 4.51. The van der Waals surface area contributed by atoms with E-state index in [-0.39, 0.29) is 11.9 Å². The van der Waals surface area contributed by atoms with Crippen LogP contribution in [0.4, 0.5) is 10.5 Å². The Morgan fingerprint density at radius 1 is 0.963 bits per heavy atom. The molecule has 0 aliphatic rings. The number of anilines is 1. The topological polar surface area (TPSA) is 73.5 Å². The third-order valence-corrected chi connectivity index (χ3v) is 4.25. The quantitative estimate of drug-likeness (QED) is 0.703. The lowest BCUT2D eigenvalue weighted by molar-refractivity contribution is 0.0951. The lowest BCUT2D eigenvalue weighted by Crippen LogP contribution is -2.31. The molecule has 0 fully saturated rings. The molecule has 144 valence electrons. The molecule has 6 nitrogen and oxygen atoms in total. The molecule has 0 aliphatic heterocycles. The average molecular weight is 368 g/mol. The van der Waals surface area contributed by atoms with Gasteiger partial charge in [-0.05, 0) is 68.9 Å². The molecule has 0 spiro atoms. The molecule has 6 heteroatoms. The Morgan fingerprint density at radius 2 is 1.74 bits per heavy atom. The zero-order valence-corrected chi connectivity index (χ0v) is 16.4. The van der Waals surface area contributed by atoms with Gasteiger partial charge in [0.1, 0.15) is 0 Å². The molecule has 2 rings (SSSR count). The summed E-state index contributed by atoms with van der Waals surface area (Å²) in [5, 5.41) is 8.52. The maximum absolute atomic E-state index is 12.2. The molecule has 0 saturated carbocycles. The van der Waals surface area contributed by atoms with Crippen molar-refractivity contribution in [2.75, 3.05) is 32.5 Å². The molecule has 0 atom stereocenters. The number of aryl methyl sites for hydroxylation is 2. The van der Waals surface area contributed by atoms with Gasteiger partial charge in [0.15, 0.2) is 0 Å². The lowest BCUT2D eigenvalue weighted by atomic mass is 10.1. The number of likely N-dealkylation sites (N-methyl/N-ethyl adjacent to an activating group) is 1. The summed E-state index contributed by atoms with van der Waals surface area (Å²) in [4.78, 5) is 26.3. The van der Waals surface area contributed by atoms with E-state index in [2.05, 4.69) is 16.0 Å². The molecule has 0 aliphatic carbocycles. The van der Waals surface area contributed by atoms with E-state index in [0.717, 1.165) is 23.4 Å². The fourth-order valence-electron chi connectivity index (χ4n) is 2.49. The molecule has 0 heterocycles. The number of nitrogens with zero attached hydrogens (tertiary/aromatic N) is 1. The minimum atomic E-state index is -0.279. The predicted molar refractivity (Wildman–Crippen MR) is 109 cm³/mol. The Hall–Kier alpha value is -2.86. The highest BCUT2D eigenvalue weighted by atomic mass is 16.2. The van der Waals surface area contributed by atoms with Crippen LogP contribution in [0.5, 0.6) is 0 Å². The van der Waals surface area contributed by atoms with E-state index in [0.29, 0.717) is 18.7 Å². The standard InChI is InChI=1S/C21H28N4O2/c1-15-8-9-19(12-16(15)2)24-21(27)23-14-17-6-5-7-18(13-17)20(26)22-10-11-25(3)4/h5-9,12-13H,10-11,14H2,1-4H3,(H,22,26)(H2,23,24,27). The number of amides is 3. The van der Waals surface area contributed by atoms with Crippen LogP contribution in [0.25, 0.3) is 0 Å². The van der Waals surface area contributed by atoms with E-state index in [9.17, 15) is 9.59 Å². The van der Waals surface area contributed by atoms with E-state index in [1.807, 2.05) is 63.2 Å². The smallest absolute Gasteiger partial charge is 0.319 e. The molecule has 3 N–H and O–H groups in total. The molecule has 0 bridgehead atoms. The first-order valence-corrected chi connectivity index (χ1v) is 8.99. The van der Waals surface area contributed by atoms with Crippen molar-refractivity contribution in [1.82, 2.24) is 15.5 Å². The van der Waals surface area contributed by atoms with Crippen molar-refractivity contribution in [2.45, 2.75) is 20.4 Å². The van der Waals surface area contributed by atoms with Gasteiger partial charge in [0.25, 0.3) is 5.91 Å². The summed E-state index contributed by atoms with van der Waals surface area (Å²) < 4.78 is 0. The predicted octanol–water partition coefficient (Wildman–Crippen LogP) is 2.92. The second kappa shape index (κ2) is 9.73. The van der Waals surface area contributed by atoms with Gasteiger partial charge in [-0.3, -0.25) is 4.79 Å². The second-order valence-electron chi connectivity index (χ2n) is 6.87. The number of benzene rings is 2. The molecule has 27 heavy (non-hydrogen) atoms. The minimum Gasteiger partial charge on any atom is -0.351 e. The van der Waals surface area contributed by atoms with Gasteiger partial charge in [-0.15, -0.1) is 0 Å². The fraction of sp³-hybridized carbons (Fsp3) is 0.333. The van der Waals surface area contributed by atoms with Crippen molar-refractivity contribution in [1.29, 1.82) is 0 Å². The number of hydrogen-bond donors (Lipinski definition) is 3. The Bertz CT molecular complexity index is 803. The molecule has 2 aromatic rings. The maximum Gasteiger partial charge on any atom is 0.319 e. The molecule has 3 amide bonds. The van der Waals surface area contributed by atoms with Crippen LogP contribution in [0, 0.1) is 13.8 Å². The van der Waals surface area contributed by atoms with Crippen LogP contribution < -0.4 is 16.0 Å². The van der Waals surface area contributed by atoms with E-state index < -0.39 is 0 Å². The zero-order valence-electron chi connectivity index (χ0n) is 16.4. The summed E-state index contributed by atoms with van der Waals surface area (Å²) in [6, 6.07) is 12.8. The van der Waals surface area contributed by atoms with E-state index in [1.165, 1.54) is 5.56 Å². The van der Waals surface area contributed by atoms with Crippen LogP contribution >= 0.6 is 0 Å². The fourth-order valence-corrected chi connectivity index (χ4v) is 2.49. The van der Waals surface area contributed by atoms with E-state index >= 15 is 0 Å². The van der Waals surface area contributed by atoms with Crippen molar-refractivity contribution in [2.24, 2.45) is 0 Å². The van der Waals surface area contributed by atoms with E-state index in [4.69, 9.17) is 0 Å². The number of urea groups is 1. The molecule has 2 aromatic carbocycles. The van der Waals surface area contributed by atoms with Gasteiger partial charge >= 0.3 is 6.03 Å². The third kappa shape index (κ3) is 6.75. The first kappa shape index (κ1) is 20.5. The van der Waals surface area contributed by atoms with Crippen LogP contribution in [0.1, 0.15) is 27.0 Å². The lowest BCUT2D eigenvalue weighted by Gasteiger charge is -2.12. The zero-order chi connectivity index (χ0) is 19.8. The number of nitrogens with one attached hydrogen (secondary N) is 3. The van der Waals surface area contributed by atoms with Gasteiger partial charge in [0.2, 0.25) is 0 Å². The van der Waals surface area contributed by atoms with Crippen LogP contribution in [-0.2, 0) is 6.54 Å². The summed E-state index contributed by atoms with van der Waals surface area (Å²) in [5.74, 6) is -0.113. The van der Waals surface area contributed by atoms with Crippen molar-refractivity contribution >= 4 is 17.6 Å². The molecule has 0 unspecified atom stereocenters. The minimum absolute atomic E-state index is 0.113. The molecule has 0 radical (unpaired) electrons. The van der Waals surface area contributed by atoms with Gasteiger partial charge < -0.3 is 20.9 Å². The van der Waals surface area contributed by atoms with Crippen LogP contribution in [0.2, 0.25) is 0 Å². The Balaban J connectivity index is 1.87. The average Bonchev–Trinajstić information content (AvgIpc) is 2.63. The molecular weight excluding hydrogens is 340 g/mol. The normalized spacial score (nSPS) is 10.6. The van der Waals surface area contributed by atoms with Crippen LogP contribution in [0.15, 0.2) is 42.5 Å². The summed E-state index contributed by atoms with van der Waals surface area (Å²) in [6.45, 7) is 5.75. The van der Waals surface area contributed by atoms with Crippen molar-refractivity contribution < 1.29 is 9.59 Å². The summed E-state index contributed by atoms with van der Waals surface area (Å²) in [6.07, 6.45) is 0. The third-order valence-electron chi connectivity index (χ3n) is 4.25. The van der Waals surface area contributed by atoms with Gasteiger partial charge in [-0.2, -0.15) is 0 Å². The number of hydrogen-bond acceptors (Lipinski definition) is 3. The van der Waals surface area contributed by atoms with Crippen molar-refractivity contribution in [3.05, 3.63) is 64.7 Å². The highest BCUT2D eigenvalue weighted by molar-refractivity contribution is 5.94. The summed E-state index contributed by atoms with van der Waals surface area (Å²) >= 11 is 0. The Kier molecular flexibility index (Phi) is 7.37. The first-order chi connectivity index (χ1) is 12.8. The maximum atomic E-state index is 12.2. The molecule has 0 saturated heterocycles.